The normalized spacial score (nSPS) is 17.2. The van der Waals surface area contributed by atoms with Crippen molar-refractivity contribution in [3.63, 3.8) is 0 Å². The molecule has 116 valence electrons. The number of nitrogens with two attached hydrogens (primary N) is 1. The molecule has 2 rings (SSSR count). The molecule has 5 nitrogen and oxygen atoms in total. The van der Waals surface area contributed by atoms with Crippen LogP contribution in [0.25, 0.3) is 0 Å². The maximum atomic E-state index is 12.7. The fourth-order valence-electron chi connectivity index (χ4n) is 2.34. The van der Waals surface area contributed by atoms with Crippen LogP contribution in [0.4, 0.5) is 4.39 Å². The van der Waals surface area contributed by atoms with Crippen molar-refractivity contribution in [1.29, 1.82) is 0 Å². The topological polar surface area (TPSA) is 73.6 Å². The van der Waals surface area contributed by atoms with E-state index in [9.17, 15) is 9.18 Å². The van der Waals surface area contributed by atoms with E-state index in [1.54, 1.807) is 12.1 Å². The van der Waals surface area contributed by atoms with E-state index in [1.807, 2.05) is 0 Å². The van der Waals surface area contributed by atoms with Gasteiger partial charge in [0.2, 0.25) is 5.91 Å². The van der Waals surface area contributed by atoms with Crippen LogP contribution in [-0.2, 0) is 9.53 Å². The molecule has 1 aromatic carbocycles. The zero-order valence-electron chi connectivity index (χ0n) is 11.9. The van der Waals surface area contributed by atoms with Crippen molar-refractivity contribution in [1.82, 2.24) is 5.32 Å². The van der Waals surface area contributed by atoms with Gasteiger partial charge in [-0.15, -0.1) is 0 Å². The van der Waals surface area contributed by atoms with Crippen molar-refractivity contribution in [2.45, 2.75) is 12.8 Å². The molecule has 21 heavy (non-hydrogen) atoms. The van der Waals surface area contributed by atoms with Crippen LogP contribution >= 0.6 is 0 Å². The van der Waals surface area contributed by atoms with Crippen molar-refractivity contribution >= 4 is 5.91 Å². The van der Waals surface area contributed by atoms with E-state index in [-0.39, 0.29) is 11.7 Å². The lowest BCUT2D eigenvalue weighted by Crippen LogP contribution is -2.49. The highest BCUT2D eigenvalue weighted by Gasteiger charge is 2.38. The number of benzene rings is 1. The Labute approximate surface area is 123 Å². The molecular weight excluding hydrogens is 275 g/mol. The molecular formula is C15H21FN2O3. The third kappa shape index (κ3) is 4.15. The van der Waals surface area contributed by atoms with Crippen LogP contribution in [0.15, 0.2) is 24.3 Å². The number of amides is 1. The molecule has 0 atom stereocenters. The molecule has 1 aliphatic heterocycles. The van der Waals surface area contributed by atoms with Gasteiger partial charge in [-0.2, -0.15) is 0 Å². The fourth-order valence-corrected chi connectivity index (χ4v) is 2.34. The van der Waals surface area contributed by atoms with Crippen LogP contribution in [0.3, 0.4) is 0 Å². The second-order valence-corrected chi connectivity index (χ2v) is 5.16. The molecule has 0 aliphatic carbocycles. The first-order valence-electron chi connectivity index (χ1n) is 7.11. The molecule has 6 heteroatoms. The summed E-state index contributed by atoms with van der Waals surface area (Å²) in [6.45, 7) is 2.17. The molecule has 1 aromatic rings. The monoisotopic (exact) mass is 296 g/mol. The number of ether oxygens (including phenoxy) is 2. The van der Waals surface area contributed by atoms with Gasteiger partial charge < -0.3 is 20.5 Å². The lowest BCUT2D eigenvalue weighted by Gasteiger charge is -2.34. The number of hydrogen-bond acceptors (Lipinski definition) is 4. The van der Waals surface area contributed by atoms with Crippen molar-refractivity contribution in [2.75, 3.05) is 32.9 Å². The molecule has 3 N–H and O–H groups in total. The Kier molecular flexibility index (Phi) is 5.52. The highest BCUT2D eigenvalue weighted by Crippen LogP contribution is 2.29. The van der Waals surface area contributed by atoms with E-state index < -0.39 is 5.41 Å². The quantitative estimate of drug-likeness (QED) is 0.770. The SMILES string of the molecule is NCC1(C(=O)NCCOc2ccc(F)cc2)CCOCC1. The first-order valence-corrected chi connectivity index (χ1v) is 7.11. The predicted octanol–water partition coefficient (Wildman–Crippen LogP) is 1.08. The molecule has 1 fully saturated rings. The number of carbonyl (C=O) groups is 1. The first kappa shape index (κ1) is 15.7. The van der Waals surface area contributed by atoms with E-state index in [0.29, 0.717) is 51.5 Å². The molecule has 0 bridgehead atoms. The highest BCUT2D eigenvalue weighted by molar-refractivity contribution is 5.83. The Hall–Kier alpha value is -1.66. The summed E-state index contributed by atoms with van der Waals surface area (Å²) in [5.74, 6) is 0.223. The number of halogens is 1. The Bertz CT molecular complexity index is 458. The van der Waals surface area contributed by atoms with Gasteiger partial charge in [0.05, 0.1) is 12.0 Å². The van der Waals surface area contributed by atoms with Crippen molar-refractivity contribution < 1.29 is 18.7 Å². The van der Waals surface area contributed by atoms with Crippen molar-refractivity contribution in [2.24, 2.45) is 11.1 Å². The molecule has 1 saturated heterocycles. The van der Waals surface area contributed by atoms with E-state index in [1.165, 1.54) is 12.1 Å². The molecule has 0 saturated carbocycles. The Morgan fingerprint density at radius 3 is 2.62 bits per heavy atom. The first-order chi connectivity index (χ1) is 10.2. The van der Waals surface area contributed by atoms with Crippen LogP contribution in [0.2, 0.25) is 0 Å². The predicted molar refractivity (Wildman–Crippen MR) is 76.4 cm³/mol. The summed E-state index contributed by atoms with van der Waals surface area (Å²) >= 11 is 0. The summed E-state index contributed by atoms with van der Waals surface area (Å²) < 4.78 is 23.4. The van der Waals surface area contributed by atoms with E-state index >= 15 is 0 Å². The molecule has 0 spiro atoms. The Balaban J connectivity index is 1.74. The molecule has 1 aliphatic rings. The summed E-state index contributed by atoms with van der Waals surface area (Å²) in [4.78, 5) is 12.3. The van der Waals surface area contributed by atoms with Crippen LogP contribution in [-0.4, -0.2) is 38.8 Å². The summed E-state index contributed by atoms with van der Waals surface area (Å²) in [6.07, 6.45) is 1.29. The van der Waals surface area contributed by atoms with Crippen molar-refractivity contribution in [3.05, 3.63) is 30.1 Å². The van der Waals surface area contributed by atoms with Gasteiger partial charge in [-0.1, -0.05) is 0 Å². The Morgan fingerprint density at radius 1 is 1.33 bits per heavy atom. The lowest BCUT2D eigenvalue weighted by molar-refractivity contribution is -0.136. The molecule has 1 heterocycles. The van der Waals surface area contributed by atoms with E-state index in [0.717, 1.165) is 0 Å². The summed E-state index contributed by atoms with van der Waals surface area (Å²) in [7, 11) is 0. The molecule has 0 radical (unpaired) electrons. The van der Waals surface area contributed by atoms with Crippen LogP contribution in [0, 0.1) is 11.2 Å². The average molecular weight is 296 g/mol. The van der Waals surface area contributed by atoms with Crippen LogP contribution < -0.4 is 15.8 Å². The van der Waals surface area contributed by atoms with Gasteiger partial charge in [0.25, 0.3) is 0 Å². The molecule has 1 amide bonds. The second-order valence-electron chi connectivity index (χ2n) is 5.16. The highest BCUT2D eigenvalue weighted by atomic mass is 19.1. The smallest absolute Gasteiger partial charge is 0.227 e. The third-order valence-corrected chi connectivity index (χ3v) is 3.79. The van der Waals surface area contributed by atoms with Gasteiger partial charge in [-0.3, -0.25) is 4.79 Å². The summed E-state index contributed by atoms with van der Waals surface area (Å²) in [6, 6.07) is 5.77. The van der Waals surface area contributed by atoms with E-state index in [2.05, 4.69) is 5.32 Å². The minimum absolute atomic E-state index is 0.0454. The minimum Gasteiger partial charge on any atom is -0.492 e. The Morgan fingerprint density at radius 2 is 2.00 bits per heavy atom. The molecule has 0 aromatic heterocycles. The number of hydrogen-bond donors (Lipinski definition) is 2. The average Bonchev–Trinajstić information content (AvgIpc) is 2.53. The van der Waals surface area contributed by atoms with Gasteiger partial charge in [0.15, 0.2) is 0 Å². The van der Waals surface area contributed by atoms with E-state index in [4.69, 9.17) is 15.2 Å². The summed E-state index contributed by atoms with van der Waals surface area (Å²) in [5.41, 5.74) is 5.25. The number of rotatable bonds is 6. The number of nitrogens with one attached hydrogen (secondary N) is 1. The van der Waals surface area contributed by atoms with Crippen molar-refractivity contribution in [3.8, 4) is 5.75 Å². The fraction of sp³-hybridized carbons (Fsp3) is 0.533. The van der Waals surface area contributed by atoms with Gasteiger partial charge in [0, 0.05) is 19.8 Å². The van der Waals surface area contributed by atoms with Gasteiger partial charge >= 0.3 is 0 Å². The second kappa shape index (κ2) is 7.38. The van der Waals surface area contributed by atoms with Gasteiger partial charge in [0.1, 0.15) is 18.2 Å². The maximum absolute atomic E-state index is 12.7. The standard InChI is InChI=1S/C15H21FN2O3/c16-12-1-3-13(4-2-12)21-10-7-18-14(19)15(11-17)5-8-20-9-6-15/h1-4H,5-11,17H2,(H,18,19). The summed E-state index contributed by atoms with van der Waals surface area (Å²) in [5, 5.41) is 2.85. The maximum Gasteiger partial charge on any atom is 0.227 e. The third-order valence-electron chi connectivity index (χ3n) is 3.79. The van der Waals surface area contributed by atoms with Crippen LogP contribution in [0.5, 0.6) is 5.75 Å². The largest absolute Gasteiger partial charge is 0.492 e. The van der Waals surface area contributed by atoms with Gasteiger partial charge in [-0.25, -0.2) is 4.39 Å². The lowest BCUT2D eigenvalue weighted by atomic mass is 9.79. The zero-order valence-corrected chi connectivity index (χ0v) is 11.9. The number of carbonyl (C=O) groups excluding carboxylic acids is 1. The van der Waals surface area contributed by atoms with Gasteiger partial charge in [-0.05, 0) is 37.1 Å². The zero-order chi connectivity index (χ0) is 15.1. The van der Waals surface area contributed by atoms with Crippen LogP contribution in [0.1, 0.15) is 12.8 Å². The molecule has 0 unspecified atom stereocenters. The minimum atomic E-state index is -0.520.